The lowest BCUT2D eigenvalue weighted by Crippen LogP contribution is -2.40. The predicted molar refractivity (Wildman–Crippen MR) is 61.1 cm³/mol. The van der Waals surface area contributed by atoms with E-state index in [0.29, 0.717) is 17.3 Å². The maximum atomic E-state index is 10.6. The molecule has 0 radical (unpaired) electrons. The van der Waals surface area contributed by atoms with Gasteiger partial charge in [-0.3, -0.25) is 0 Å². The monoisotopic (exact) mass is 242 g/mol. The summed E-state index contributed by atoms with van der Waals surface area (Å²) in [6.07, 6.45) is 3.67. The fourth-order valence-corrected chi connectivity index (χ4v) is 2.40. The summed E-state index contributed by atoms with van der Waals surface area (Å²) < 4.78 is 5.44. The second kappa shape index (κ2) is 4.80. The van der Waals surface area contributed by atoms with Crippen LogP contribution in [-0.4, -0.2) is 34.8 Å². The summed E-state index contributed by atoms with van der Waals surface area (Å²) in [5.41, 5.74) is 0. The zero-order chi connectivity index (χ0) is 11.5. The quantitative estimate of drug-likeness (QED) is 0.824. The number of rotatable bonds is 5. The van der Waals surface area contributed by atoms with Gasteiger partial charge in [-0.2, -0.15) is 0 Å². The number of nitrogens with zero attached hydrogens (tertiary/aromatic N) is 1. The van der Waals surface area contributed by atoms with E-state index in [1.165, 1.54) is 17.5 Å². The Labute approximate surface area is 97.5 Å². The molecule has 5 nitrogen and oxygen atoms in total. The second-order valence-electron chi connectivity index (χ2n) is 3.72. The van der Waals surface area contributed by atoms with Crippen LogP contribution in [0.4, 0.5) is 5.13 Å². The van der Waals surface area contributed by atoms with E-state index >= 15 is 0 Å². The molecule has 0 atom stereocenters. The van der Waals surface area contributed by atoms with Gasteiger partial charge in [0.15, 0.2) is 5.13 Å². The molecule has 0 saturated heterocycles. The topological polar surface area (TPSA) is 71.5 Å². The molecule has 0 spiro atoms. The Balaban J connectivity index is 1.80. The zero-order valence-corrected chi connectivity index (χ0v) is 9.79. The fourth-order valence-electron chi connectivity index (χ4n) is 1.67. The Morgan fingerprint density at radius 3 is 3.06 bits per heavy atom. The fraction of sp³-hybridized carbons (Fsp3) is 0.600. The Kier molecular flexibility index (Phi) is 3.40. The van der Waals surface area contributed by atoms with E-state index in [4.69, 9.17) is 9.84 Å². The summed E-state index contributed by atoms with van der Waals surface area (Å²) in [5, 5.41) is 12.6. The first kappa shape index (κ1) is 11.3. The molecule has 16 heavy (non-hydrogen) atoms. The highest BCUT2D eigenvalue weighted by atomic mass is 32.1. The van der Waals surface area contributed by atoms with Crippen molar-refractivity contribution in [2.75, 3.05) is 11.9 Å². The minimum atomic E-state index is -0.925. The number of anilines is 1. The first-order chi connectivity index (χ1) is 7.69. The van der Waals surface area contributed by atoms with E-state index in [1.54, 1.807) is 0 Å². The highest BCUT2D eigenvalue weighted by Gasteiger charge is 2.30. The molecule has 2 rings (SSSR count). The summed E-state index contributed by atoms with van der Waals surface area (Å²) in [6.45, 7) is 2.73. The molecule has 1 aromatic heterocycles. The highest BCUT2D eigenvalue weighted by Crippen LogP contribution is 2.28. The third-order valence-electron chi connectivity index (χ3n) is 2.54. The molecule has 1 fully saturated rings. The average molecular weight is 242 g/mol. The Morgan fingerprint density at radius 1 is 1.75 bits per heavy atom. The number of hydrogen-bond donors (Lipinski definition) is 2. The van der Waals surface area contributed by atoms with Gasteiger partial charge in [0.25, 0.3) is 0 Å². The number of aromatic nitrogens is 1. The number of carboxylic acids is 1. The molecule has 2 N–H and O–H groups in total. The van der Waals surface area contributed by atoms with E-state index in [-0.39, 0.29) is 4.88 Å². The van der Waals surface area contributed by atoms with Crippen molar-refractivity contribution in [1.82, 2.24) is 4.98 Å². The summed E-state index contributed by atoms with van der Waals surface area (Å²) in [4.78, 5) is 14.9. The molecular weight excluding hydrogens is 228 g/mol. The lowest BCUT2D eigenvalue weighted by Gasteiger charge is -2.35. The standard InChI is InChI=1S/C10H14N2O3S/c1-2-15-7-3-6(4-7)12-10-11-5-8(16-10)9(13)14/h5-7H,2-4H2,1H3,(H,11,12)(H,13,14). The number of carboxylic acid groups (broad SMARTS) is 1. The van der Waals surface area contributed by atoms with Crippen molar-refractivity contribution < 1.29 is 14.6 Å². The summed E-state index contributed by atoms with van der Waals surface area (Å²) in [5.74, 6) is -0.925. The maximum Gasteiger partial charge on any atom is 0.347 e. The summed E-state index contributed by atoms with van der Waals surface area (Å²) in [6, 6.07) is 0.365. The van der Waals surface area contributed by atoms with Gasteiger partial charge in [-0.05, 0) is 19.8 Å². The van der Waals surface area contributed by atoms with Crippen molar-refractivity contribution >= 4 is 22.4 Å². The highest BCUT2D eigenvalue weighted by molar-refractivity contribution is 7.17. The lowest BCUT2D eigenvalue weighted by atomic mass is 9.89. The minimum Gasteiger partial charge on any atom is -0.477 e. The third-order valence-corrected chi connectivity index (χ3v) is 3.46. The Hall–Kier alpha value is -1.14. The van der Waals surface area contributed by atoms with Crippen LogP contribution in [0.25, 0.3) is 0 Å². The molecule has 1 aliphatic carbocycles. The SMILES string of the molecule is CCOC1CC(Nc2ncc(C(=O)O)s2)C1. The molecular formula is C10H14N2O3S. The van der Waals surface area contributed by atoms with Crippen LogP contribution in [0.2, 0.25) is 0 Å². The van der Waals surface area contributed by atoms with Crippen LogP contribution in [0, 0.1) is 0 Å². The molecule has 1 heterocycles. The van der Waals surface area contributed by atoms with Crippen LogP contribution < -0.4 is 5.32 Å². The first-order valence-electron chi connectivity index (χ1n) is 5.26. The normalized spacial score (nSPS) is 23.8. The predicted octanol–water partition coefficient (Wildman–Crippen LogP) is 1.82. The van der Waals surface area contributed by atoms with Crippen LogP contribution in [0.5, 0.6) is 0 Å². The van der Waals surface area contributed by atoms with Gasteiger partial charge in [0.1, 0.15) is 4.88 Å². The number of carbonyl (C=O) groups is 1. The van der Waals surface area contributed by atoms with Crippen molar-refractivity contribution in [3.63, 3.8) is 0 Å². The van der Waals surface area contributed by atoms with Crippen LogP contribution in [0.15, 0.2) is 6.20 Å². The van der Waals surface area contributed by atoms with E-state index in [9.17, 15) is 4.79 Å². The van der Waals surface area contributed by atoms with Crippen molar-refractivity contribution in [1.29, 1.82) is 0 Å². The van der Waals surface area contributed by atoms with Gasteiger partial charge in [0.05, 0.1) is 12.3 Å². The second-order valence-corrected chi connectivity index (χ2v) is 4.76. The van der Waals surface area contributed by atoms with Gasteiger partial charge in [-0.25, -0.2) is 9.78 Å². The van der Waals surface area contributed by atoms with E-state index in [1.807, 2.05) is 6.92 Å². The summed E-state index contributed by atoms with van der Waals surface area (Å²) in [7, 11) is 0. The molecule has 0 bridgehead atoms. The molecule has 88 valence electrons. The number of hydrogen-bond acceptors (Lipinski definition) is 5. The van der Waals surface area contributed by atoms with Crippen molar-refractivity contribution in [2.45, 2.75) is 31.9 Å². The molecule has 0 unspecified atom stereocenters. The molecule has 0 aromatic carbocycles. The summed E-state index contributed by atoms with van der Waals surface area (Å²) >= 11 is 1.17. The molecule has 6 heteroatoms. The minimum absolute atomic E-state index is 0.267. The van der Waals surface area contributed by atoms with Gasteiger partial charge >= 0.3 is 5.97 Å². The van der Waals surface area contributed by atoms with Gasteiger partial charge in [0, 0.05) is 12.6 Å². The Morgan fingerprint density at radius 2 is 2.50 bits per heavy atom. The van der Waals surface area contributed by atoms with E-state index in [0.717, 1.165) is 19.4 Å². The number of nitrogens with one attached hydrogen (secondary N) is 1. The average Bonchev–Trinajstić information content (AvgIpc) is 2.63. The first-order valence-corrected chi connectivity index (χ1v) is 6.08. The van der Waals surface area contributed by atoms with E-state index in [2.05, 4.69) is 10.3 Å². The number of ether oxygens (including phenoxy) is 1. The molecule has 0 amide bonds. The molecule has 1 aromatic rings. The maximum absolute atomic E-state index is 10.6. The van der Waals surface area contributed by atoms with Crippen molar-refractivity contribution in [3.8, 4) is 0 Å². The van der Waals surface area contributed by atoms with Crippen LogP contribution in [-0.2, 0) is 4.74 Å². The van der Waals surface area contributed by atoms with Gasteiger partial charge in [0.2, 0.25) is 0 Å². The van der Waals surface area contributed by atoms with Gasteiger partial charge in [-0.15, -0.1) is 0 Å². The Bertz CT molecular complexity index is 374. The number of aromatic carboxylic acids is 1. The van der Waals surface area contributed by atoms with Crippen LogP contribution in [0.1, 0.15) is 29.4 Å². The van der Waals surface area contributed by atoms with Crippen LogP contribution in [0.3, 0.4) is 0 Å². The van der Waals surface area contributed by atoms with Gasteiger partial charge in [-0.1, -0.05) is 11.3 Å². The molecule has 1 aliphatic rings. The van der Waals surface area contributed by atoms with Crippen molar-refractivity contribution in [2.24, 2.45) is 0 Å². The largest absolute Gasteiger partial charge is 0.477 e. The third kappa shape index (κ3) is 2.51. The van der Waals surface area contributed by atoms with Crippen molar-refractivity contribution in [3.05, 3.63) is 11.1 Å². The van der Waals surface area contributed by atoms with Crippen LogP contribution >= 0.6 is 11.3 Å². The zero-order valence-electron chi connectivity index (χ0n) is 8.97. The lowest BCUT2D eigenvalue weighted by molar-refractivity contribution is 0.00299. The van der Waals surface area contributed by atoms with E-state index < -0.39 is 5.97 Å². The van der Waals surface area contributed by atoms with Gasteiger partial charge < -0.3 is 15.2 Å². The molecule has 0 aliphatic heterocycles. The molecule has 1 saturated carbocycles. The number of thiazole rings is 1. The smallest absolute Gasteiger partial charge is 0.347 e.